The first-order chi connectivity index (χ1) is 14.0. The second kappa shape index (κ2) is 10.2. The van der Waals surface area contributed by atoms with E-state index in [9.17, 15) is 10.1 Å². The van der Waals surface area contributed by atoms with Gasteiger partial charge in [-0.25, -0.2) is 0 Å². The van der Waals surface area contributed by atoms with Crippen molar-refractivity contribution in [1.29, 1.82) is 5.26 Å². The molecule has 1 N–H and O–H groups in total. The molecule has 0 aliphatic heterocycles. The summed E-state index contributed by atoms with van der Waals surface area (Å²) >= 11 is 6.18. The van der Waals surface area contributed by atoms with Gasteiger partial charge in [0, 0.05) is 18.2 Å². The van der Waals surface area contributed by atoms with Gasteiger partial charge in [0.2, 0.25) is 0 Å². The Hall–Kier alpha value is -3.37. The molecule has 0 aromatic heterocycles. The molecule has 29 heavy (non-hydrogen) atoms. The second-order valence-electron chi connectivity index (χ2n) is 5.77. The van der Waals surface area contributed by atoms with E-state index in [-0.39, 0.29) is 12.1 Å². The number of hydrogen-bond acceptors (Lipinski definition) is 6. The molecule has 2 aromatic rings. The minimum atomic E-state index is -0.531. The number of amides is 1. The van der Waals surface area contributed by atoms with E-state index in [1.54, 1.807) is 37.4 Å². The third-order valence-corrected chi connectivity index (χ3v) is 4.35. The zero-order chi connectivity index (χ0) is 21.4. The fourth-order valence-corrected chi connectivity index (χ4v) is 2.90. The van der Waals surface area contributed by atoms with E-state index in [0.717, 1.165) is 5.56 Å². The Bertz CT molecular complexity index is 966. The second-order valence-corrected chi connectivity index (χ2v) is 6.18. The summed E-state index contributed by atoms with van der Waals surface area (Å²) < 4.78 is 20.9. The summed E-state index contributed by atoms with van der Waals surface area (Å²) in [6, 6.07) is 10.4. The van der Waals surface area contributed by atoms with Crippen molar-refractivity contribution >= 4 is 23.6 Å². The van der Waals surface area contributed by atoms with Gasteiger partial charge in [0.05, 0.1) is 33.5 Å². The Morgan fingerprint density at radius 3 is 2.38 bits per heavy atom. The first kappa shape index (κ1) is 21.9. The summed E-state index contributed by atoms with van der Waals surface area (Å²) in [5.74, 6) is 1.45. The summed E-state index contributed by atoms with van der Waals surface area (Å²) in [5.41, 5.74) is 1.19. The van der Waals surface area contributed by atoms with E-state index in [1.165, 1.54) is 27.4 Å². The highest BCUT2D eigenvalue weighted by Crippen LogP contribution is 2.36. The predicted molar refractivity (Wildman–Crippen MR) is 110 cm³/mol. The largest absolute Gasteiger partial charge is 0.497 e. The fourth-order valence-electron chi connectivity index (χ4n) is 2.61. The maximum atomic E-state index is 12.5. The molecule has 0 fully saturated rings. The van der Waals surface area contributed by atoms with Crippen LogP contribution in [0.15, 0.2) is 35.9 Å². The standard InChI is InChI=1S/C21H21ClN2O5/c1-26-16-6-5-14(18(10-16)27-2)12-24-21(25)15(11-23)7-13-8-17(22)20(29-4)19(9-13)28-3/h5-10H,12H2,1-4H3,(H,24,25)/b15-7+. The number of benzene rings is 2. The van der Waals surface area contributed by atoms with Gasteiger partial charge in [0.15, 0.2) is 11.5 Å². The molecule has 8 heteroatoms. The topological polar surface area (TPSA) is 89.8 Å². The Balaban J connectivity index is 2.21. The van der Waals surface area contributed by atoms with Crippen molar-refractivity contribution in [3.8, 4) is 29.1 Å². The van der Waals surface area contributed by atoms with Gasteiger partial charge in [-0.15, -0.1) is 0 Å². The Kier molecular flexibility index (Phi) is 7.75. The van der Waals surface area contributed by atoms with Crippen molar-refractivity contribution in [3.63, 3.8) is 0 Å². The quantitative estimate of drug-likeness (QED) is 0.522. The Morgan fingerprint density at radius 2 is 1.79 bits per heavy atom. The number of nitrogens with zero attached hydrogens (tertiary/aromatic N) is 1. The molecule has 2 aromatic carbocycles. The van der Waals surface area contributed by atoms with E-state index in [4.69, 9.17) is 30.5 Å². The molecule has 0 radical (unpaired) electrons. The van der Waals surface area contributed by atoms with E-state index in [2.05, 4.69) is 5.32 Å². The molecular weight excluding hydrogens is 396 g/mol. The van der Waals surface area contributed by atoms with Crippen molar-refractivity contribution in [2.45, 2.75) is 6.54 Å². The number of halogens is 1. The van der Waals surface area contributed by atoms with E-state index in [1.807, 2.05) is 6.07 Å². The van der Waals surface area contributed by atoms with Gasteiger partial charge in [0.1, 0.15) is 23.1 Å². The molecule has 0 heterocycles. The molecule has 0 atom stereocenters. The monoisotopic (exact) mass is 416 g/mol. The average molecular weight is 417 g/mol. The number of rotatable bonds is 8. The summed E-state index contributed by atoms with van der Waals surface area (Å²) in [4.78, 5) is 12.5. The molecule has 0 spiro atoms. The van der Waals surface area contributed by atoms with E-state index < -0.39 is 5.91 Å². The number of methoxy groups -OCH3 is 4. The van der Waals surface area contributed by atoms with Crippen molar-refractivity contribution in [3.05, 3.63) is 52.1 Å². The van der Waals surface area contributed by atoms with Gasteiger partial charge < -0.3 is 24.3 Å². The molecule has 0 unspecified atom stereocenters. The zero-order valence-electron chi connectivity index (χ0n) is 16.5. The molecule has 0 saturated carbocycles. The number of carbonyl (C=O) groups is 1. The third kappa shape index (κ3) is 5.33. The van der Waals surface area contributed by atoms with Gasteiger partial charge in [-0.3, -0.25) is 4.79 Å². The van der Waals surface area contributed by atoms with Crippen LogP contribution in [0.5, 0.6) is 23.0 Å². The van der Waals surface area contributed by atoms with Gasteiger partial charge in [-0.1, -0.05) is 11.6 Å². The highest BCUT2D eigenvalue weighted by Gasteiger charge is 2.14. The number of carbonyl (C=O) groups excluding carboxylic acids is 1. The Labute approximate surface area is 174 Å². The van der Waals surface area contributed by atoms with Crippen molar-refractivity contribution < 1.29 is 23.7 Å². The lowest BCUT2D eigenvalue weighted by atomic mass is 10.1. The Morgan fingerprint density at radius 1 is 1.07 bits per heavy atom. The lowest BCUT2D eigenvalue weighted by Crippen LogP contribution is -2.24. The number of nitrogens with one attached hydrogen (secondary N) is 1. The number of nitriles is 1. The highest BCUT2D eigenvalue weighted by atomic mass is 35.5. The van der Waals surface area contributed by atoms with E-state index in [0.29, 0.717) is 33.6 Å². The van der Waals surface area contributed by atoms with Crippen molar-refractivity contribution in [2.24, 2.45) is 0 Å². The van der Waals surface area contributed by atoms with Gasteiger partial charge in [-0.2, -0.15) is 5.26 Å². The van der Waals surface area contributed by atoms with E-state index >= 15 is 0 Å². The minimum absolute atomic E-state index is 0.0826. The highest BCUT2D eigenvalue weighted by molar-refractivity contribution is 6.32. The lowest BCUT2D eigenvalue weighted by molar-refractivity contribution is -0.117. The van der Waals surface area contributed by atoms with Crippen LogP contribution in [0, 0.1) is 11.3 Å². The average Bonchev–Trinajstić information content (AvgIpc) is 2.74. The van der Waals surface area contributed by atoms with Crippen LogP contribution in [-0.2, 0) is 11.3 Å². The van der Waals surface area contributed by atoms with Crippen LogP contribution in [0.3, 0.4) is 0 Å². The van der Waals surface area contributed by atoms with Gasteiger partial charge in [0.25, 0.3) is 5.91 Å². The van der Waals surface area contributed by atoms with Crippen LogP contribution in [0.25, 0.3) is 6.08 Å². The maximum absolute atomic E-state index is 12.5. The maximum Gasteiger partial charge on any atom is 0.262 e. The molecule has 0 aliphatic rings. The molecule has 0 bridgehead atoms. The summed E-state index contributed by atoms with van der Waals surface area (Å²) in [6.07, 6.45) is 1.43. The van der Waals surface area contributed by atoms with Crippen LogP contribution in [0.1, 0.15) is 11.1 Å². The third-order valence-electron chi connectivity index (χ3n) is 4.07. The van der Waals surface area contributed by atoms with Crippen LogP contribution < -0.4 is 24.3 Å². The first-order valence-electron chi connectivity index (χ1n) is 8.49. The molecule has 0 saturated heterocycles. The molecule has 0 aliphatic carbocycles. The van der Waals surface area contributed by atoms with Gasteiger partial charge in [-0.05, 0) is 35.9 Å². The van der Waals surface area contributed by atoms with Gasteiger partial charge >= 0.3 is 0 Å². The van der Waals surface area contributed by atoms with Crippen LogP contribution >= 0.6 is 11.6 Å². The zero-order valence-corrected chi connectivity index (χ0v) is 17.3. The SMILES string of the molecule is COc1ccc(CNC(=O)/C(C#N)=C/c2cc(Cl)c(OC)c(OC)c2)c(OC)c1. The molecular formula is C21H21ClN2O5. The molecule has 2 rings (SSSR count). The van der Waals surface area contributed by atoms with Crippen LogP contribution in [-0.4, -0.2) is 34.3 Å². The smallest absolute Gasteiger partial charge is 0.262 e. The summed E-state index contributed by atoms with van der Waals surface area (Å²) in [6.45, 7) is 0.178. The fraction of sp³-hybridized carbons (Fsp3) is 0.238. The minimum Gasteiger partial charge on any atom is -0.497 e. The predicted octanol–water partition coefficient (Wildman–Crippen LogP) is 3.60. The van der Waals surface area contributed by atoms with Crippen LogP contribution in [0.2, 0.25) is 5.02 Å². The van der Waals surface area contributed by atoms with Crippen molar-refractivity contribution in [2.75, 3.05) is 28.4 Å². The summed E-state index contributed by atoms with van der Waals surface area (Å²) in [5, 5.41) is 12.4. The van der Waals surface area contributed by atoms with Crippen molar-refractivity contribution in [1.82, 2.24) is 5.32 Å². The number of hydrogen-bond donors (Lipinski definition) is 1. The first-order valence-corrected chi connectivity index (χ1v) is 8.87. The summed E-state index contributed by atoms with van der Waals surface area (Å²) in [7, 11) is 6.03. The lowest BCUT2D eigenvalue weighted by Gasteiger charge is -2.12. The molecule has 7 nitrogen and oxygen atoms in total. The molecule has 152 valence electrons. The number of ether oxygens (including phenoxy) is 4. The molecule has 1 amide bonds. The van der Waals surface area contributed by atoms with Crippen LogP contribution in [0.4, 0.5) is 0 Å². The normalized spacial score (nSPS) is 10.7.